The first-order valence-corrected chi connectivity index (χ1v) is 10.4. The highest BCUT2D eigenvalue weighted by Gasteiger charge is 2.17. The molecule has 0 amide bonds. The van der Waals surface area contributed by atoms with Crippen LogP contribution in [0, 0.1) is 0 Å². The summed E-state index contributed by atoms with van der Waals surface area (Å²) >= 11 is 0. The summed E-state index contributed by atoms with van der Waals surface area (Å²) < 4.78 is 24.5. The lowest BCUT2D eigenvalue weighted by atomic mass is 10.3. The van der Waals surface area contributed by atoms with Crippen molar-refractivity contribution in [3.05, 3.63) is 79.4 Å². The average Bonchev–Trinajstić information content (AvgIpc) is 2.79. The van der Waals surface area contributed by atoms with Crippen molar-refractivity contribution >= 4 is 6.34 Å². The molecule has 0 aromatic carbocycles. The predicted molar refractivity (Wildman–Crippen MR) is 132 cm³/mol. The topological polar surface area (TPSA) is 37.3 Å². The van der Waals surface area contributed by atoms with Crippen LogP contribution >= 0.6 is 0 Å². The van der Waals surface area contributed by atoms with Gasteiger partial charge in [-0.25, -0.2) is 13.8 Å². The van der Waals surface area contributed by atoms with Crippen molar-refractivity contribution < 1.29 is 8.78 Å². The molecule has 0 saturated heterocycles. The Morgan fingerprint density at radius 1 is 1.10 bits per heavy atom. The van der Waals surface area contributed by atoms with E-state index in [1.54, 1.807) is 18.6 Å². The number of pyridine rings is 1. The van der Waals surface area contributed by atoms with Crippen molar-refractivity contribution in [3.8, 4) is 0 Å². The fourth-order valence-electron chi connectivity index (χ4n) is 1.07. The third-order valence-corrected chi connectivity index (χ3v) is 2.61. The molecule has 0 bridgehead atoms. The Kier molecular flexibility index (Phi) is 36.2. The molecule has 0 atom stereocenters. The molecule has 0 aliphatic rings. The van der Waals surface area contributed by atoms with E-state index in [1.165, 1.54) is 24.2 Å². The lowest BCUT2D eigenvalue weighted by molar-refractivity contribution is 0.0254. The number of rotatable bonds is 7. The second kappa shape index (κ2) is 31.1. The standard InChI is InChI=1S/C10H16F2N2.C6H10.C5H5N.2C2H6/c1-3-4-7-13-9-14-8-5-6-10(2,11)12;1-4-6(3)5-2;1-2-4-6-5-3-1;2*1-2/h4-5,7-9H,3,6H2,1-2H3,(H,13,14);4-5H,1H2,2-3H3;1-5H;2*1-2H3/b7-4+,8-5+;6-5-;;;. The Balaban J connectivity index is -0.000000174. The van der Waals surface area contributed by atoms with Crippen LogP contribution in [0.15, 0.2) is 84.4 Å². The van der Waals surface area contributed by atoms with E-state index in [-0.39, 0.29) is 6.42 Å². The number of alkyl halides is 2. The summed E-state index contributed by atoms with van der Waals surface area (Å²) in [6, 6.07) is 5.72. The zero-order chi connectivity index (χ0) is 24.1. The largest absolute Gasteiger partial charge is 0.353 e. The molecule has 5 heteroatoms. The number of hydrogen-bond donors (Lipinski definition) is 1. The molecule has 1 N–H and O–H groups in total. The first-order chi connectivity index (χ1) is 14.4. The molecule has 0 aliphatic heterocycles. The number of aromatic nitrogens is 1. The van der Waals surface area contributed by atoms with Gasteiger partial charge in [-0.15, -0.1) is 0 Å². The minimum absolute atomic E-state index is 0.283. The van der Waals surface area contributed by atoms with Crippen LogP contribution in [0.5, 0.6) is 0 Å². The molecule has 3 nitrogen and oxygen atoms in total. The minimum Gasteiger partial charge on any atom is -0.353 e. The van der Waals surface area contributed by atoms with Crippen molar-refractivity contribution in [1.82, 2.24) is 10.3 Å². The Hall–Kier alpha value is -2.56. The highest BCUT2D eigenvalue weighted by atomic mass is 19.3. The van der Waals surface area contributed by atoms with E-state index in [2.05, 4.69) is 21.9 Å². The molecule has 0 saturated carbocycles. The van der Waals surface area contributed by atoms with Gasteiger partial charge in [0.1, 0.15) is 0 Å². The maximum atomic E-state index is 12.3. The summed E-state index contributed by atoms with van der Waals surface area (Å²) in [5.41, 5.74) is 1.23. The van der Waals surface area contributed by atoms with Crippen molar-refractivity contribution in [2.75, 3.05) is 0 Å². The second-order valence-electron chi connectivity index (χ2n) is 5.18. The third-order valence-electron chi connectivity index (χ3n) is 2.61. The second-order valence-corrected chi connectivity index (χ2v) is 5.18. The van der Waals surface area contributed by atoms with Gasteiger partial charge in [0.05, 0.1) is 6.34 Å². The van der Waals surface area contributed by atoms with E-state index in [0.29, 0.717) is 0 Å². The Morgan fingerprint density at radius 3 is 1.97 bits per heavy atom. The van der Waals surface area contributed by atoms with Crippen LogP contribution in [-0.2, 0) is 0 Å². The molecular weight excluding hydrogens is 380 g/mol. The first-order valence-electron chi connectivity index (χ1n) is 10.4. The molecule has 1 heterocycles. The zero-order valence-electron chi connectivity index (χ0n) is 20.2. The zero-order valence-corrected chi connectivity index (χ0v) is 20.2. The normalized spacial score (nSPS) is 10.5. The van der Waals surface area contributed by atoms with Crippen LogP contribution in [0.2, 0.25) is 0 Å². The highest BCUT2D eigenvalue weighted by molar-refractivity contribution is 5.56. The van der Waals surface area contributed by atoms with Gasteiger partial charge in [0.25, 0.3) is 0 Å². The summed E-state index contributed by atoms with van der Waals surface area (Å²) in [5.74, 6) is -2.65. The molecule has 0 unspecified atom stereocenters. The van der Waals surface area contributed by atoms with E-state index in [9.17, 15) is 8.78 Å². The minimum atomic E-state index is -2.65. The third kappa shape index (κ3) is 44.7. The molecule has 1 aromatic rings. The van der Waals surface area contributed by atoms with Gasteiger partial charge in [-0.2, -0.15) is 0 Å². The van der Waals surface area contributed by atoms with Crippen LogP contribution in [0.25, 0.3) is 0 Å². The van der Waals surface area contributed by atoms with Gasteiger partial charge in [-0.3, -0.25) is 4.98 Å². The van der Waals surface area contributed by atoms with E-state index in [0.717, 1.165) is 13.3 Å². The molecule has 0 aliphatic carbocycles. The number of allylic oxidation sites excluding steroid dienone is 5. The molecule has 1 aromatic heterocycles. The molecular formula is C25H43F2N3. The lowest BCUT2D eigenvalue weighted by Gasteiger charge is -2.03. The van der Waals surface area contributed by atoms with E-state index < -0.39 is 5.92 Å². The Labute approximate surface area is 184 Å². The Bertz CT molecular complexity index is 517. The first kappa shape index (κ1) is 34.9. The lowest BCUT2D eigenvalue weighted by Crippen LogP contribution is -2.06. The molecule has 172 valence electrons. The molecule has 0 fully saturated rings. The van der Waals surface area contributed by atoms with Gasteiger partial charge in [0.2, 0.25) is 5.92 Å². The predicted octanol–water partition coefficient (Wildman–Crippen LogP) is 8.36. The molecule has 0 spiro atoms. The number of aliphatic imine (C=N–C) groups is 1. The van der Waals surface area contributed by atoms with Gasteiger partial charge >= 0.3 is 0 Å². The quantitative estimate of drug-likeness (QED) is 0.272. The average molecular weight is 424 g/mol. The molecule has 0 radical (unpaired) electrons. The van der Waals surface area contributed by atoms with Gasteiger partial charge in [-0.05, 0) is 45.5 Å². The number of nitrogens with one attached hydrogen (secondary N) is 1. The smallest absolute Gasteiger partial charge is 0.248 e. The van der Waals surface area contributed by atoms with Crippen LogP contribution in [0.3, 0.4) is 0 Å². The molecule has 30 heavy (non-hydrogen) atoms. The summed E-state index contributed by atoms with van der Waals surface area (Å²) in [4.78, 5) is 7.53. The summed E-state index contributed by atoms with van der Waals surface area (Å²) in [7, 11) is 0. The number of nitrogens with zero attached hydrogens (tertiary/aromatic N) is 2. The van der Waals surface area contributed by atoms with Gasteiger partial charge < -0.3 is 5.32 Å². The van der Waals surface area contributed by atoms with Crippen LogP contribution in [-0.4, -0.2) is 17.2 Å². The number of halogens is 2. The van der Waals surface area contributed by atoms with Gasteiger partial charge in [-0.1, -0.05) is 77.1 Å². The summed E-state index contributed by atoms with van der Waals surface area (Å²) in [6.45, 7) is 18.5. The summed E-state index contributed by atoms with van der Waals surface area (Å²) in [5, 5.41) is 2.77. The van der Waals surface area contributed by atoms with Crippen LogP contribution < -0.4 is 5.32 Å². The Morgan fingerprint density at radius 2 is 1.67 bits per heavy atom. The maximum absolute atomic E-state index is 12.3. The van der Waals surface area contributed by atoms with Gasteiger partial charge in [0.15, 0.2) is 0 Å². The van der Waals surface area contributed by atoms with Crippen molar-refractivity contribution in [3.63, 3.8) is 0 Å². The monoisotopic (exact) mass is 423 g/mol. The SMILES string of the molecule is C=C/C(C)=C\C.CC.CC.CC/C=C/NC=N/C=C/CC(C)(F)F.c1ccncc1. The fraction of sp³-hybridized carbons (Fsp3) is 0.440. The van der Waals surface area contributed by atoms with E-state index >= 15 is 0 Å². The fourth-order valence-corrected chi connectivity index (χ4v) is 1.07. The van der Waals surface area contributed by atoms with Crippen LogP contribution in [0.1, 0.15) is 68.2 Å². The van der Waals surface area contributed by atoms with E-state index in [1.807, 2.05) is 84.9 Å². The molecule has 1 rings (SSSR count). The highest BCUT2D eigenvalue weighted by Crippen LogP contribution is 2.16. The van der Waals surface area contributed by atoms with Crippen LogP contribution in [0.4, 0.5) is 8.78 Å². The number of hydrogen-bond acceptors (Lipinski definition) is 2. The van der Waals surface area contributed by atoms with Crippen molar-refractivity contribution in [1.29, 1.82) is 0 Å². The summed E-state index contributed by atoms with van der Waals surface area (Å²) in [6.07, 6.45) is 15.8. The van der Waals surface area contributed by atoms with Crippen molar-refractivity contribution in [2.24, 2.45) is 4.99 Å². The van der Waals surface area contributed by atoms with Gasteiger partial charge in [0, 0.05) is 25.0 Å². The van der Waals surface area contributed by atoms with E-state index in [4.69, 9.17) is 0 Å². The maximum Gasteiger partial charge on any atom is 0.248 e. The van der Waals surface area contributed by atoms with Crippen molar-refractivity contribution in [2.45, 2.75) is 74.2 Å².